The van der Waals surface area contributed by atoms with E-state index in [2.05, 4.69) is 10.5 Å². The zero-order valence-corrected chi connectivity index (χ0v) is 12.9. The number of hydrogen-bond acceptors (Lipinski definition) is 4. The van der Waals surface area contributed by atoms with Crippen molar-refractivity contribution in [2.75, 3.05) is 7.11 Å². The average Bonchev–Trinajstić information content (AvgIpc) is 3.00. The van der Waals surface area contributed by atoms with Crippen LogP contribution in [-0.2, 0) is 0 Å². The maximum absolute atomic E-state index is 11.9. The van der Waals surface area contributed by atoms with Crippen LogP contribution in [0.3, 0.4) is 0 Å². The minimum atomic E-state index is -0.293. The summed E-state index contributed by atoms with van der Waals surface area (Å²) in [5, 5.41) is 6.15. The van der Waals surface area contributed by atoms with Gasteiger partial charge in [0.15, 0.2) is 0 Å². The van der Waals surface area contributed by atoms with Gasteiger partial charge < -0.3 is 9.15 Å². The van der Waals surface area contributed by atoms with Crippen LogP contribution in [0.15, 0.2) is 58.2 Å². The molecule has 0 atom stereocenters. The predicted octanol–water partition coefficient (Wildman–Crippen LogP) is 3.51. The largest absolute Gasteiger partial charge is 0.497 e. The molecule has 1 amide bonds. The molecule has 0 fully saturated rings. The highest BCUT2D eigenvalue weighted by atomic mass is 16.5. The van der Waals surface area contributed by atoms with Crippen molar-refractivity contribution in [2.24, 2.45) is 5.10 Å². The monoisotopic (exact) mass is 308 g/mol. The molecule has 5 nitrogen and oxygen atoms in total. The van der Waals surface area contributed by atoms with E-state index in [0.29, 0.717) is 11.3 Å². The zero-order valence-electron chi connectivity index (χ0n) is 12.9. The number of hydrazone groups is 1. The molecule has 0 radical (unpaired) electrons. The number of hydrogen-bond donors (Lipinski definition) is 1. The summed E-state index contributed by atoms with van der Waals surface area (Å²) in [5.41, 5.74) is 3.87. The van der Waals surface area contributed by atoms with E-state index >= 15 is 0 Å². The van der Waals surface area contributed by atoms with Crippen LogP contribution >= 0.6 is 0 Å². The van der Waals surface area contributed by atoms with Crippen molar-refractivity contribution in [3.8, 4) is 5.75 Å². The fourth-order valence-electron chi connectivity index (χ4n) is 2.30. The lowest BCUT2D eigenvalue weighted by atomic mass is 10.1. The van der Waals surface area contributed by atoms with E-state index in [-0.39, 0.29) is 5.91 Å². The lowest BCUT2D eigenvalue weighted by Gasteiger charge is -2.03. The average molecular weight is 308 g/mol. The first-order valence-electron chi connectivity index (χ1n) is 7.12. The van der Waals surface area contributed by atoms with Crippen LogP contribution in [0.2, 0.25) is 0 Å². The zero-order chi connectivity index (χ0) is 16.2. The van der Waals surface area contributed by atoms with Gasteiger partial charge in [0.05, 0.1) is 25.2 Å². The molecule has 0 aliphatic carbocycles. The molecule has 0 spiro atoms. The molecule has 1 aromatic heterocycles. The highest BCUT2D eigenvalue weighted by Crippen LogP contribution is 2.21. The number of ether oxygens (including phenoxy) is 1. The second-order valence-corrected chi connectivity index (χ2v) is 5.06. The molecule has 1 N–H and O–H groups in total. The summed E-state index contributed by atoms with van der Waals surface area (Å²) >= 11 is 0. The lowest BCUT2D eigenvalue weighted by molar-refractivity contribution is 0.0953. The summed E-state index contributed by atoms with van der Waals surface area (Å²) in [5.74, 6) is 1.09. The first-order chi connectivity index (χ1) is 11.2. The van der Waals surface area contributed by atoms with E-state index < -0.39 is 0 Å². The van der Waals surface area contributed by atoms with Crippen molar-refractivity contribution in [3.63, 3.8) is 0 Å². The topological polar surface area (TPSA) is 63.8 Å². The van der Waals surface area contributed by atoms with Gasteiger partial charge in [-0.05, 0) is 47.5 Å². The summed E-state index contributed by atoms with van der Waals surface area (Å²) in [4.78, 5) is 11.9. The third-order valence-corrected chi connectivity index (χ3v) is 3.55. The molecular weight excluding hydrogens is 292 g/mol. The SMILES string of the molecule is COc1ccc2cc(/C=N\NC(=O)c3ccoc3C)ccc2c1. The smallest absolute Gasteiger partial charge is 0.274 e. The second-order valence-electron chi connectivity index (χ2n) is 5.06. The molecule has 3 aromatic rings. The number of benzene rings is 2. The van der Waals surface area contributed by atoms with Crippen LogP contribution in [0.1, 0.15) is 21.7 Å². The minimum Gasteiger partial charge on any atom is -0.497 e. The Morgan fingerprint density at radius 3 is 2.70 bits per heavy atom. The van der Waals surface area contributed by atoms with Gasteiger partial charge in [0.1, 0.15) is 11.5 Å². The number of fused-ring (bicyclic) bond motifs is 1. The number of nitrogens with one attached hydrogen (secondary N) is 1. The number of furan rings is 1. The first kappa shape index (κ1) is 14.8. The predicted molar refractivity (Wildman–Crippen MR) is 89.0 cm³/mol. The Bertz CT molecular complexity index is 881. The Kier molecular flexibility index (Phi) is 4.10. The number of rotatable bonds is 4. The van der Waals surface area contributed by atoms with Crippen molar-refractivity contribution < 1.29 is 13.9 Å². The molecule has 23 heavy (non-hydrogen) atoms. The van der Waals surface area contributed by atoms with Gasteiger partial charge in [0.25, 0.3) is 5.91 Å². The number of carbonyl (C=O) groups is 1. The van der Waals surface area contributed by atoms with Gasteiger partial charge >= 0.3 is 0 Å². The molecule has 0 unspecified atom stereocenters. The summed E-state index contributed by atoms with van der Waals surface area (Å²) in [6, 6.07) is 13.4. The Morgan fingerprint density at radius 2 is 1.96 bits per heavy atom. The Balaban J connectivity index is 1.73. The van der Waals surface area contributed by atoms with Gasteiger partial charge in [-0.1, -0.05) is 18.2 Å². The van der Waals surface area contributed by atoms with Crippen LogP contribution < -0.4 is 10.2 Å². The lowest BCUT2D eigenvalue weighted by Crippen LogP contribution is -2.17. The Hall–Kier alpha value is -3.08. The number of methoxy groups -OCH3 is 1. The van der Waals surface area contributed by atoms with E-state index in [1.54, 1.807) is 26.3 Å². The number of nitrogens with zero attached hydrogens (tertiary/aromatic N) is 1. The minimum absolute atomic E-state index is 0.293. The Morgan fingerprint density at radius 1 is 1.17 bits per heavy atom. The molecule has 116 valence electrons. The highest BCUT2D eigenvalue weighted by Gasteiger charge is 2.09. The van der Waals surface area contributed by atoms with Crippen LogP contribution in [0, 0.1) is 6.92 Å². The van der Waals surface area contributed by atoms with E-state index in [1.165, 1.54) is 6.26 Å². The first-order valence-corrected chi connectivity index (χ1v) is 7.12. The molecule has 0 saturated heterocycles. The normalized spacial score (nSPS) is 11.0. The fourth-order valence-corrected chi connectivity index (χ4v) is 2.30. The summed E-state index contributed by atoms with van der Waals surface area (Å²) in [7, 11) is 1.65. The number of carbonyl (C=O) groups excluding carboxylic acids is 1. The quantitative estimate of drug-likeness (QED) is 0.592. The van der Waals surface area contributed by atoms with Crippen molar-refractivity contribution in [2.45, 2.75) is 6.92 Å². The molecule has 0 aliphatic rings. The molecule has 2 aromatic carbocycles. The van der Waals surface area contributed by atoms with Gasteiger partial charge in [0.2, 0.25) is 0 Å². The van der Waals surface area contributed by atoms with Crippen molar-refractivity contribution >= 4 is 22.9 Å². The van der Waals surface area contributed by atoms with Crippen molar-refractivity contribution in [1.29, 1.82) is 0 Å². The number of aryl methyl sites for hydroxylation is 1. The van der Waals surface area contributed by atoms with E-state index in [0.717, 1.165) is 22.1 Å². The summed E-state index contributed by atoms with van der Waals surface area (Å²) in [6.45, 7) is 1.73. The summed E-state index contributed by atoms with van der Waals surface area (Å²) < 4.78 is 10.3. The number of amides is 1. The maximum Gasteiger partial charge on any atom is 0.274 e. The van der Waals surface area contributed by atoms with E-state index in [1.807, 2.05) is 36.4 Å². The molecule has 0 bridgehead atoms. The van der Waals surface area contributed by atoms with E-state index in [9.17, 15) is 4.79 Å². The maximum atomic E-state index is 11.9. The Labute approximate surface area is 133 Å². The van der Waals surface area contributed by atoms with Gasteiger partial charge in [-0.3, -0.25) is 4.79 Å². The van der Waals surface area contributed by atoms with Gasteiger partial charge in [-0.25, -0.2) is 5.43 Å². The fraction of sp³-hybridized carbons (Fsp3) is 0.111. The van der Waals surface area contributed by atoms with Gasteiger partial charge in [0, 0.05) is 0 Å². The molecular formula is C18H16N2O3. The van der Waals surface area contributed by atoms with Crippen molar-refractivity contribution in [1.82, 2.24) is 5.43 Å². The molecule has 1 heterocycles. The molecule has 0 saturated carbocycles. The van der Waals surface area contributed by atoms with Crippen LogP contribution in [-0.4, -0.2) is 19.2 Å². The van der Waals surface area contributed by atoms with Crippen LogP contribution in [0.5, 0.6) is 5.75 Å². The third-order valence-electron chi connectivity index (χ3n) is 3.55. The second kappa shape index (κ2) is 6.36. The van der Waals surface area contributed by atoms with Gasteiger partial charge in [-0.2, -0.15) is 5.10 Å². The standard InChI is InChI=1S/C18H16N2O3/c1-12-17(7-8-23-12)18(21)20-19-11-13-3-4-15-10-16(22-2)6-5-14(15)9-13/h3-11H,1-2H3,(H,20,21)/b19-11-. The van der Waals surface area contributed by atoms with Crippen LogP contribution in [0.4, 0.5) is 0 Å². The van der Waals surface area contributed by atoms with Crippen molar-refractivity contribution in [3.05, 3.63) is 65.6 Å². The van der Waals surface area contributed by atoms with Crippen LogP contribution in [0.25, 0.3) is 10.8 Å². The summed E-state index contributed by atoms with van der Waals surface area (Å²) in [6.07, 6.45) is 3.09. The molecule has 3 rings (SSSR count). The van der Waals surface area contributed by atoms with Gasteiger partial charge in [-0.15, -0.1) is 0 Å². The third kappa shape index (κ3) is 3.23. The van der Waals surface area contributed by atoms with E-state index in [4.69, 9.17) is 9.15 Å². The molecule has 0 aliphatic heterocycles. The highest BCUT2D eigenvalue weighted by molar-refractivity contribution is 5.96. The molecule has 5 heteroatoms.